The van der Waals surface area contributed by atoms with Crippen LogP contribution in [0, 0.1) is 11.3 Å². The number of likely N-dealkylation sites (tertiary alicyclic amines) is 1. The average molecular weight is 267 g/mol. The van der Waals surface area contributed by atoms with E-state index in [2.05, 4.69) is 56.8 Å². The molecule has 3 heteroatoms. The average Bonchev–Trinajstić information content (AvgIpc) is 2.29. The van der Waals surface area contributed by atoms with E-state index in [1.54, 1.807) is 0 Å². The maximum atomic E-state index is 3.75. The number of rotatable bonds is 1. The second-order valence-corrected chi connectivity index (χ2v) is 7.97. The van der Waals surface area contributed by atoms with Crippen LogP contribution >= 0.6 is 0 Å². The molecule has 0 saturated carbocycles. The molecule has 2 heterocycles. The number of hydrogen-bond acceptors (Lipinski definition) is 3. The molecule has 0 aromatic heterocycles. The van der Waals surface area contributed by atoms with Crippen LogP contribution in [0.3, 0.4) is 0 Å². The van der Waals surface area contributed by atoms with E-state index in [0.29, 0.717) is 17.5 Å². The Kier molecular flexibility index (Phi) is 4.59. The Balaban J connectivity index is 2.04. The molecule has 2 fully saturated rings. The Labute approximate surface area is 119 Å². The van der Waals surface area contributed by atoms with Crippen LogP contribution in [0.2, 0.25) is 0 Å². The molecular formula is C16H33N3. The van der Waals surface area contributed by atoms with Crippen LogP contribution in [0.15, 0.2) is 0 Å². The van der Waals surface area contributed by atoms with Crippen molar-refractivity contribution in [2.45, 2.75) is 59.2 Å². The molecule has 2 saturated heterocycles. The lowest BCUT2D eigenvalue weighted by molar-refractivity contribution is 0.00646. The van der Waals surface area contributed by atoms with Crippen LogP contribution in [0.25, 0.3) is 0 Å². The van der Waals surface area contributed by atoms with Crippen molar-refractivity contribution in [3.63, 3.8) is 0 Å². The molecule has 2 aliphatic rings. The summed E-state index contributed by atoms with van der Waals surface area (Å²) < 4.78 is 0. The monoisotopic (exact) mass is 267 g/mol. The van der Waals surface area contributed by atoms with E-state index in [9.17, 15) is 0 Å². The third-order valence-electron chi connectivity index (χ3n) is 5.15. The zero-order valence-corrected chi connectivity index (χ0v) is 13.7. The van der Waals surface area contributed by atoms with Crippen molar-refractivity contribution < 1.29 is 0 Å². The van der Waals surface area contributed by atoms with Gasteiger partial charge in [-0.1, -0.05) is 27.7 Å². The Morgan fingerprint density at radius 2 is 1.79 bits per heavy atom. The highest BCUT2D eigenvalue weighted by Crippen LogP contribution is 2.29. The minimum Gasteiger partial charge on any atom is -0.311 e. The molecule has 1 N–H and O–H groups in total. The maximum Gasteiger partial charge on any atom is 0.0244 e. The summed E-state index contributed by atoms with van der Waals surface area (Å²) in [5, 5.41) is 3.75. The van der Waals surface area contributed by atoms with Crippen molar-refractivity contribution in [3.8, 4) is 0 Å². The van der Waals surface area contributed by atoms with Crippen LogP contribution in [0.1, 0.15) is 41.0 Å². The Morgan fingerprint density at radius 3 is 2.37 bits per heavy atom. The summed E-state index contributed by atoms with van der Waals surface area (Å²) in [5.74, 6) is 0.792. The van der Waals surface area contributed by atoms with Gasteiger partial charge in [0.1, 0.15) is 0 Å². The summed E-state index contributed by atoms with van der Waals surface area (Å²) in [7, 11) is 2.26. The molecule has 0 radical (unpaired) electrons. The molecule has 0 aliphatic carbocycles. The standard InChI is InChI=1S/C16H33N3/c1-12-10-18(6)8-7-14(12)19-11-15(16(3,4)5)17-9-13(19)2/h12-15,17H,7-11H2,1-6H3. The molecule has 4 atom stereocenters. The molecule has 0 aromatic rings. The van der Waals surface area contributed by atoms with Gasteiger partial charge in [-0.2, -0.15) is 0 Å². The largest absolute Gasteiger partial charge is 0.311 e. The van der Waals surface area contributed by atoms with E-state index in [-0.39, 0.29) is 0 Å². The van der Waals surface area contributed by atoms with Gasteiger partial charge in [-0.05, 0) is 38.3 Å². The number of hydrogen-bond donors (Lipinski definition) is 1. The van der Waals surface area contributed by atoms with Crippen LogP contribution in [0.5, 0.6) is 0 Å². The van der Waals surface area contributed by atoms with E-state index in [1.165, 1.54) is 26.1 Å². The second kappa shape index (κ2) is 5.71. The Bertz CT molecular complexity index is 297. The molecular weight excluding hydrogens is 234 g/mol. The minimum absolute atomic E-state index is 0.354. The molecule has 19 heavy (non-hydrogen) atoms. The van der Waals surface area contributed by atoms with Gasteiger partial charge in [-0.3, -0.25) is 4.90 Å². The van der Waals surface area contributed by atoms with Crippen molar-refractivity contribution >= 4 is 0 Å². The predicted octanol–water partition coefficient (Wildman–Crippen LogP) is 2.03. The normalized spacial score (nSPS) is 39.5. The number of nitrogens with zero attached hydrogens (tertiary/aromatic N) is 2. The Morgan fingerprint density at radius 1 is 1.11 bits per heavy atom. The summed E-state index contributed by atoms with van der Waals surface area (Å²) in [4.78, 5) is 5.28. The number of piperidine rings is 1. The lowest BCUT2D eigenvalue weighted by Crippen LogP contribution is -2.64. The summed E-state index contributed by atoms with van der Waals surface area (Å²) in [5.41, 5.74) is 0.354. The quantitative estimate of drug-likeness (QED) is 0.784. The highest BCUT2D eigenvalue weighted by atomic mass is 15.3. The lowest BCUT2D eigenvalue weighted by Gasteiger charge is -2.50. The first-order chi connectivity index (χ1) is 8.79. The molecule has 112 valence electrons. The first-order valence-electron chi connectivity index (χ1n) is 7.96. The summed E-state index contributed by atoms with van der Waals surface area (Å²) >= 11 is 0. The highest BCUT2D eigenvalue weighted by Gasteiger charge is 2.38. The van der Waals surface area contributed by atoms with Gasteiger partial charge in [0, 0.05) is 37.8 Å². The van der Waals surface area contributed by atoms with Crippen molar-refractivity contribution in [1.29, 1.82) is 0 Å². The van der Waals surface area contributed by atoms with Gasteiger partial charge in [0.25, 0.3) is 0 Å². The summed E-state index contributed by atoms with van der Waals surface area (Å²) in [6.45, 7) is 16.8. The van der Waals surface area contributed by atoms with Gasteiger partial charge < -0.3 is 10.2 Å². The van der Waals surface area contributed by atoms with Crippen LogP contribution < -0.4 is 5.32 Å². The SMILES string of the molecule is CC1CN(C)CCC1N1CC(C(C)(C)C)NCC1C. The maximum absolute atomic E-state index is 3.75. The molecule has 3 nitrogen and oxygen atoms in total. The minimum atomic E-state index is 0.354. The van der Waals surface area contributed by atoms with Gasteiger partial charge in [0.2, 0.25) is 0 Å². The van der Waals surface area contributed by atoms with E-state index in [1.807, 2.05) is 0 Å². The van der Waals surface area contributed by atoms with Crippen molar-refractivity contribution in [2.75, 3.05) is 33.2 Å². The van der Waals surface area contributed by atoms with E-state index in [4.69, 9.17) is 0 Å². The van der Waals surface area contributed by atoms with Crippen LogP contribution in [-0.2, 0) is 0 Å². The van der Waals surface area contributed by atoms with Gasteiger partial charge >= 0.3 is 0 Å². The molecule has 2 rings (SSSR count). The summed E-state index contributed by atoms with van der Waals surface area (Å²) in [6, 6.07) is 2.07. The third kappa shape index (κ3) is 3.50. The van der Waals surface area contributed by atoms with Crippen molar-refractivity contribution in [1.82, 2.24) is 15.1 Å². The molecule has 0 bridgehead atoms. The first-order valence-corrected chi connectivity index (χ1v) is 7.96. The fraction of sp³-hybridized carbons (Fsp3) is 1.00. The zero-order valence-electron chi connectivity index (χ0n) is 13.7. The van der Waals surface area contributed by atoms with Crippen molar-refractivity contribution in [3.05, 3.63) is 0 Å². The smallest absolute Gasteiger partial charge is 0.0244 e. The Hall–Kier alpha value is -0.120. The molecule has 4 unspecified atom stereocenters. The van der Waals surface area contributed by atoms with Crippen LogP contribution in [0.4, 0.5) is 0 Å². The topological polar surface area (TPSA) is 18.5 Å². The molecule has 2 aliphatic heterocycles. The van der Waals surface area contributed by atoms with E-state index in [0.717, 1.165) is 18.5 Å². The number of piperazine rings is 1. The second-order valence-electron chi connectivity index (χ2n) is 7.97. The van der Waals surface area contributed by atoms with E-state index >= 15 is 0 Å². The lowest BCUT2D eigenvalue weighted by atomic mass is 9.83. The van der Waals surface area contributed by atoms with Crippen LogP contribution in [-0.4, -0.2) is 61.2 Å². The first kappa shape index (κ1) is 15.3. The third-order valence-corrected chi connectivity index (χ3v) is 5.15. The molecule has 0 aromatic carbocycles. The number of nitrogens with one attached hydrogen (secondary N) is 1. The summed E-state index contributed by atoms with van der Waals surface area (Å²) in [6.07, 6.45) is 1.33. The molecule has 0 amide bonds. The van der Waals surface area contributed by atoms with Crippen molar-refractivity contribution in [2.24, 2.45) is 11.3 Å². The molecule has 0 spiro atoms. The van der Waals surface area contributed by atoms with Gasteiger partial charge in [-0.15, -0.1) is 0 Å². The van der Waals surface area contributed by atoms with E-state index < -0.39 is 0 Å². The predicted molar refractivity (Wildman–Crippen MR) is 82.5 cm³/mol. The fourth-order valence-electron chi connectivity index (χ4n) is 3.76. The highest BCUT2D eigenvalue weighted by molar-refractivity contribution is 4.95. The fourth-order valence-corrected chi connectivity index (χ4v) is 3.76. The van der Waals surface area contributed by atoms with Gasteiger partial charge in [0.05, 0.1) is 0 Å². The zero-order chi connectivity index (χ0) is 14.2. The van der Waals surface area contributed by atoms with Gasteiger partial charge in [0.15, 0.2) is 0 Å². The van der Waals surface area contributed by atoms with Gasteiger partial charge in [-0.25, -0.2) is 0 Å².